The molecule has 0 spiro atoms. The second-order valence-corrected chi connectivity index (χ2v) is 1.58. The first-order valence-electron chi connectivity index (χ1n) is 4.65. The van der Waals surface area contributed by atoms with E-state index >= 15 is 0 Å². The zero-order chi connectivity index (χ0) is 8.95. The molecule has 0 aromatic rings. The van der Waals surface area contributed by atoms with Gasteiger partial charge in [-0.3, -0.25) is 0 Å². The highest BCUT2D eigenvalue weighted by atomic mass is 16.6. The van der Waals surface area contributed by atoms with Crippen LogP contribution in [-0.2, 0) is 9.47 Å². The largest absolute Gasteiger partial charge is 0.381 e. The maximum Gasteiger partial charge on any atom is 0.0701 e. The average Bonchev–Trinajstić information content (AvgIpc) is 2.76. The summed E-state index contributed by atoms with van der Waals surface area (Å²) in [7, 11) is 0. The predicted molar refractivity (Wildman–Crippen MR) is 49.0 cm³/mol. The van der Waals surface area contributed by atoms with Crippen LogP contribution in [0.3, 0.4) is 0 Å². The Balaban J connectivity index is 0. The number of hydrogen-bond acceptors (Lipinski definition) is 2. The van der Waals surface area contributed by atoms with E-state index in [1.807, 2.05) is 27.7 Å². The van der Waals surface area contributed by atoms with Crippen LogP contribution in [0.25, 0.3) is 0 Å². The summed E-state index contributed by atoms with van der Waals surface area (Å²) >= 11 is 0. The molecule has 0 bridgehead atoms. The third kappa shape index (κ3) is 25.7. The van der Waals surface area contributed by atoms with Crippen molar-refractivity contribution >= 4 is 0 Å². The van der Waals surface area contributed by atoms with E-state index in [0.29, 0.717) is 0 Å². The molecule has 11 heavy (non-hydrogen) atoms. The summed E-state index contributed by atoms with van der Waals surface area (Å²) in [4.78, 5) is 0. The van der Waals surface area contributed by atoms with Crippen LogP contribution in [0.5, 0.6) is 0 Å². The first-order valence-corrected chi connectivity index (χ1v) is 4.65. The van der Waals surface area contributed by atoms with Gasteiger partial charge < -0.3 is 9.47 Å². The average molecular weight is 162 g/mol. The van der Waals surface area contributed by atoms with Gasteiger partial charge in [0.25, 0.3) is 0 Å². The van der Waals surface area contributed by atoms with E-state index in [4.69, 9.17) is 4.74 Å². The third-order valence-corrected chi connectivity index (χ3v) is 0.781. The quantitative estimate of drug-likeness (QED) is 0.510. The molecule has 0 unspecified atom stereocenters. The molecule has 2 aliphatic heterocycles. The van der Waals surface area contributed by atoms with Crippen molar-refractivity contribution in [1.82, 2.24) is 0 Å². The lowest BCUT2D eigenvalue weighted by Crippen LogP contribution is -2.09. The molecule has 0 aromatic heterocycles. The predicted octanol–water partition coefficient (Wildman–Crippen LogP) is 2.48. The second-order valence-electron chi connectivity index (χ2n) is 1.58. The molecule has 0 saturated carbocycles. The standard InChI is InChI=1S/C3H6O.C2H4O.2C2H6/c1-2-4-3-1;1-2-3-1;2*1-2/h1-3H2;1-2H2;2*1-2H3. The summed E-state index contributed by atoms with van der Waals surface area (Å²) in [6.45, 7) is 12.0. The van der Waals surface area contributed by atoms with Crippen LogP contribution in [0.4, 0.5) is 0 Å². The fourth-order valence-corrected chi connectivity index (χ4v) is 0.144. The number of hydrogen-bond donors (Lipinski definition) is 0. The molecule has 2 heteroatoms. The molecule has 2 saturated heterocycles. The molecule has 2 rings (SSSR count). The van der Waals surface area contributed by atoms with E-state index < -0.39 is 0 Å². The molecular weight excluding hydrogens is 140 g/mol. The summed E-state index contributed by atoms with van der Waals surface area (Å²) in [6.07, 6.45) is 1.28. The minimum atomic E-state index is 1.00. The van der Waals surface area contributed by atoms with Crippen molar-refractivity contribution in [1.29, 1.82) is 0 Å². The lowest BCUT2D eigenvalue weighted by atomic mass is 10.4. The molecule has 70 valence electrons. The zero-order valence-electron chi connectivity index (χ0n) is 8.35. The van der Waals surface area contributed by atoms with Crippen LogP contribution >= 0.6 is 0 Å². The van der Waals surface area contributed by atoms with E-state index in [-0.39, 0.29) is 0 Å². The van der Waals surface area contributed by atoms with E-state index in [9.17, 15) is 0 Å². The van der Waals surface area contributed by atoms with E-state index in [1.54, 1.807) is 0 Å². The summed E-state index contributed by atoms with van der Waals surface area (Å²) in [6, 6.07) is 0. The molecule has 0 N–H and O–H groups in total. The number of rotatable bonds is 0. The van der Waals surface area contributed by atoms with Crippen LogP contribution in [0, 0.1) is 0 Å². The Morgan fingerprint density at radius 1 is 0.636 bits per heavy atom. The Morgan fingerprint density at radius 2 is 0.818 bits per heavy atom. The summed E-state index contributed by atoms with van der Waals surface area (Å²) in [5.41, 5.74) is 0. The Hall–Kier alpha value is -0.0800. The van der Waals surface area contributed by atoms with Crippen molar-refractivity contribution in [2.45, 2.75) is 34.1 Å². The molecule has 0 aromatic carbocycles. The summed E-state index contributed by atoms with van der Waals surface area (Å²) in [5, 5.41) is 0. The van der Waals surface area contributed by atoms with Gasteiger partial charge in [0.1, 0.15) is 0 Å². The van der Waals surface area contributed by atoms with Crippen molar-refractivity contribution in [3.05, 3.63) is 0 Å². The minimum Gasteiger partial charge on any atom is -0.381 e. The first kappa shape index (κ1) is 13.5. The normalized spacial score (nSPS) is 16.4. The lowest BCUT2D eigenvalue weighted by molar-refractivity contribution is 0.0367. The Labute approximate surface area is 70.9 Å². The topological polar surface area (TPSA) is 21.8 Å². The van der Waals surface area contributed by atoms with Gasteiger partial charge in [-0.25, -0.2) is 0 Å². The van der Waals surface area contributed by atoms with E-state index in [0.717, 1.165) is 26.4 Å². The molecule has 0 radical (unpaired) electrons. The van der Waals surface area contributed by atoms with Crippen LogP contribution in [0.2, 0.25) is 0 Å². The Morgan fingerprint density at radius 3 is 0.818 bits per heavy atom. The van der Waals surface area contributed by atoms with Gasteiger partial charge in [-0.15, -0.1) is 0 Å². The van der Waals surface area contributed by atoms with Crippen LogP contribution in [0.15, 0.2) is 0 Å². The Kier molecular flexibility index (Phi) is 20.2. The van der Waals surface area contributed by atoms with Gasteiger partial charge in [0.2, 0.25) is 0 Å². The highest BCUT2D eigenvalue weighted by Gasteiger charge is 1.94. The smallest absolute Gasteiger partial charge is 0.0701 e. The SMILES string of the molecule is C1CO1.C1COC1.CC.CC. The van der Waals surface area contributed by atoms with E-state index in [1.165, 1.54) is 6.42 Å². The van der Waals surface area contributed by atoms with Crippen molar-refractivity contribution in [3.8, 4) is 0 Å². The number of epoxide rings is 1. The zero-order valence-corrected chi connectivity index (χ0v) is 8.35. The highest BCUT2D eigenvalue weighted by Crippen LogP contribution is 1.93. The summed E-state index contributed by atoms with van der Waals surface area (Å²) < 4.78 is 9.22. The maximum absolute atomic E-state index is 4.72. The fraction of sp³-hybridized carbons (Fsp3) is 1.00. The maximum atomic E-state index is 4.72. The molecule has 0 aliphatic carbocycles. The van der Waals surface area contributed by atoms with Gasteiger partial charge >= 0.3 is 0 Å². The third-order valence-electron chi connectivity index (χ3n) is 0.781. The molecule has 2 heterocycles. The van der Waals surface area contributed by atoms with Gasteiger partial charge in [0.05, 0.1) is 13.2 Å². The molecule has 2 nitrogen and oxygen atoms in total. The molecular formula is C9H22O2. The molecule has 0 atom stereocenters. The first-order chi connectivity index (χ1) is 5.50. The van der Waals surface area contributed by atoms with E-state index in [2.05, 4.69) is 4.74 Å². The molecule has 2 fully saturated rings. The van der Waals surface area contributed by atoms with Gasteiger partial charge in [0, 0.05) is 13.2 Å². The van der Waals surface area contributed by atoms with Crippen LogP contribution in [-0.4, -0.2) is 26.4 Å². The summed E-state index contributed by atoms with van der Waals surface area (Å²) in [5.74, 6) is 0. The molecule has 0 amide bonds. The van der Waals surface area contributed by atoms with Crippen molar-refractivity contribution in [2.75, 3.05) is 26.4 Å². The van der Waals surface area contributed by atoms with Crippen molar-refractivity contribution < 1.29 is 9.47 Å². The molecule has 2 aliphatic rings. The van der Waals surface area contributed by atoms with Crippen LogP contribution < -0.4 is 0 Å². The van der Waals surface area contributed by atoms with Gasteiger partial charge in [-0.1, -0.05) is 27.7 Å². The van der Waals surface area contributed by atoms with Crippen LogP contribution in [0.1, 0.15) is 34.1 Å². The lowest BCUT2D eigenvalue weighted by Gasteiger charge is -2.09. The minimum absolute atomic E-state index is 1.00. The second kappa shape index (κ2) is 16.5. The monoisotopic (exact) mass is 162 g/mol. The number of ether oxygens (including phenoxy) is 2. The van der Waals surface area contributed by atoms with Crippen molar-refractivity contribution in [2.24, 2.45) is 0 Å². The fourth-order valence-electron chi connectivity index (χ4n) is 0.144. The highest BCUT2D eigenvalue weighted by molar-refractivity contribution is 4.41. The van der Waals surface area contributed by atoms with Gasteiger partial charge in [-0.2, -0.15) is 0 Å². The Bertz CT molecular complexity index is 34.1. The van der Waals surface area contributed by atoms with Gasteiger partial charge in [-0.05, 0) is 6.42 Å². The van der Waals surface area contributed by atoms with Crippen molar-refractivity contribution in [3.63, 3.8) is 0 Å². The van der Waals surface area contributed by atoms with Gasteiger partial charge in [0.15, 0.2) is 0 Å².